The normalized spacial score (nSPS) is 16.5. The molecule has 1 unspecified atom stereocenters. The monoisotopic (exact) mass is 369 g/mol. The molecule has 0 aliphatic carbocycles. The lowest BCUT2D eigenvalue weighted by Gasteiger charge is -2.33. The van der Waals surface area contributed by atoms with Gasteiger partial charge in [0.15, 0.2) is 5.65 Å². The van der Waals surface area contributed by atoms with E-state index in [9.17, 15) is 4.79 Å². The van der Waals surface area contributed by atoms with Gasteiger partial charge in [0, 0.05) is 25.0 Å². The van der Waals surface area contributed by atoms with Crippen LogP contribution in [-0.4, -0.2) is 40.0 Å². The van der Waals surface area contributed by atoms with E-state index in [4.69, 9.17) is 4.98 Å². The largest absolute Gasteiger partial charge is 0.370 e. The number of fused-ring (bicyclic) bond motifs is 1. The number of anilines is 1. The molecule has 0 spiro atoms. The Morgan fingerprint density at radius 2 is 1.85 bits per heavy atom. The van der Waals surface area contributed by atoms with Crippen LogP contribution < -0.4 is 10.2 Å². The minimum atomic E-state index is 0.113. The van der Waals surface area contributed by atoms with E-state index in [1.807, 2.05) is 6.20 Å². The van der Waals surface area contributed by atoms with Gasteiger partial charge in [0.05, 0.1) is 23.3 Å². The highest BCUT2D eigenvalue weighted by atomic mass is 16.1. The molecule has 1 saturated heterocycles. The molecule has 1 aliphatic rings. The number of rotatable bonds is 6. The smallest absolute Gasteiger partial charge is 0.223 e. The molecule has 146 valence electrons. The van der Waals surface area contributed by atoms with E-state index in [-0.39, 0.29) is 17.9 Å². The molecular formula is C21H31N5O. The number of carbonyl (C=O) groups excluding carboxylic acids is 1. The predicted molar refractivity (Wildman–Crippen MR) is 109 cm³/mol. The van der Waals surface area contributed by atoms with Crippen molar-refractivity contribution in [2.24, 2.45) is 5.92 Å². The van der Waals surface area contributed by atoms with Gasteiger partial charge in [0.2, 0.25) is 5.91 Å². The highest BCUT2D eigenvalue weighted by molar-refractivity contribution is 5.79. The summed E-state index contributed by atoms with van der Waals surface area (Å²) in [7, 11) is 0. The van der Waals surface area contributed by atoms with Crippen molar-refractivity contribution < 1.29 is 4.79 Å². The van der Waals surface area contributed by atoms with Gasteiger partial charge in [-0.25, -0.2) is 15.0 Å². The van der Waals surface area contributed by atoms with Crippen molar-refractivity contribution in [1.29, 1.82) is 0 Å². The molecule has 1 aliphatic heterocycles. The van der Waals surface area contributed by atoms with Crippen LogP contribution in [0.15, 0.2) is 12.3 Å². The number of carbonyl (C=O) groups is 1. The van der Waals surface area contributed by atoms with Crippen LogP contribution >= 0.6 is 0 Å². The van der Waals surface area contributed by atoms with Crippen molar-refractivity contribution in [2.75, 3.05) is 18.0 Å². The number of aromatic nitrogens is 3. The zero-order chi connectivity index (χ0) is 19.4. The van der Waals surface area contributed by atoms with Gasteiger partial charge in [-0.15, -0.1) is 0 Å². The number of hydrogen-bond acceptors (Lipinski definition) is 5. The van der Waals surface area contributed by atoms with Gasteiger partial charge in [-0.3, -0.25) is 4.79 Å². The molecular weight excluding hydrogens is 338 g/mol. The van der Waals surface area contributed by atoms with Gasteiger partial charge in [-0.05, 0) is 45.1 Å². The third-order valence-electron chi connectivity index (χ3n) is 5.56. The average molecular weight is 370 g/mol. The van der Waals surface area contributed by atoms with Gasteiger partial charge in [-0.2, -0.15) is 0 Å². The van der Waals surface area contributed by atoms with Gasteiger partial charge in [0.1, 0.15) is 5.52 Å². The Bertz CT molecular complexity index is 799. The number of nitrogens with one attached hydrogen (secondary N) is 1. The van der Waals surface area contributed by atoms with Gasteiger partial charge in [0.25, 0.3) is 0 Å². The Kier molecular flexibility index (Phi) is 6.24. The summed E-state index contributed by atoms with van der Waals surface area (Å²) in [6.07, 6.45) is 6.37. The van der Waals surface area contributed by atoms with Crippen molar-refractivity contribution >= 4 is 22.8 Å². The summed E-state index contributed by atoms with van der Waals surface area (Å²) in [5.74, 6) is 0.313. The van der Waals surface area contributed by atoms with E-state index in [1.165, 1.54) is 0 Å². The maximum Gasteiger partial charge on any atom is 0.223 e. The maximum atomic E-state index is 12.4. The lowest BCUT2D eigenvalue weighted by Crippen LogP contribution is -2.43. The molecule has 27 heavy (non-hydrogen) atoms. The lowest BCUT2D eigenvalue weighted by molar-refractivity contribution is -0.126. The van der Waals surface area contributed by atoms with Crippen molar-refractivity contribution in [1.82, 2.24) is 20.3 Å². The lowest BCUT2D eigenvalue weighted by atomic mass is 9.95. The van der Waals surface area contributed by atoms with Crippen molar-refractivity contribution in [2.45, 2.75) is 65.8 Å². The molecule has 3 rings (SSSR count). The van der Waals surface area contributed by atoms with Crippen LogP contribution in [0.2, 0.25) is 0 Å². The third-order valence-corrected chi connectivity index (χ3v) is 5.56. The molecule has 2 aromatic heterocycles. The summed E-state index contributed by atoms with van der Waals surface area (Å²) in [5, 5.41) is 3.11. The first kappa shape index (κ1) is 19.5. The number of nitrogens with zero attached hydrogens (tertiary/aromatic N) is 4. The summed E-state index contributed by atoms with van der Waals surface area (Å²) in [6.45, 7) is 10.1. The SMILES string of the molecule is CCc1nc2cc(N3CCC(C(=O)NC(C)CC)CC3)cnc2nc1CC. The highest BCUT2D eigenvalue weighted by Crippen LogP contribution is 2.25. The van der Waals surface area contributed by atoms with Crippen LogP contribution in [0, 0.1) is 5.92 Å². The molecule has 1 fully saturated rings. The van der Waals surface area contributed by atoms with Crippen molar-refractivity contribution in [3.8, 4) is 0 Å². The minimum Gasteiger partial charge on any atom is -0.370 e. The molecule has 0 radical (unpaired) electrons. The van der Waals surface area contributed by atoms with Crippen LogP contribution in [-0.2, 0) is 17.6 Å². The van der Waals surface area contributed by atoms with Crippen LogP contribution in [0.4, 0.5) is 5.69 Å². The Morgan fingerprint density at radius 1 is 1.19 bits per heavy atom. The topological polar surface area (TPSA) is 71.0 Å². The molecule has 1 N–H and O–H groups in total. The summed E-state index contributed by atoms with van der Waals surface area (Å²) >= 11 is 0. The molecule has 6 nitrogen and oxygen atoms in total. The molecule has 1 amide bonds. The zero-order valence-electron chi connectivity index (χ0n) is 17.0. The molecule has 2 aromatic rings. The van der Waals surface area contributed by atoms with E-state index >= 15 is 0 Å². The van der Waals surface area contributed by atoms with E-state index in [0.717, 1.165) is 73.4 Å². The Balaban J connectivity index is 1.70. The van der Waals surface area contributed by atoms with Gasteiger partial charge < -0.3 is 10.2 Å². The second-order valence-electron chi connectivity index (χ2n) is 7.44. The van der Waals surface area contributed by atoms with E-state index in [0.29, 0.717) is 0 Å². The van der Waals surface area contributed by atoms with Crippen molar-refractivity contribution in [3.05, 3.63) is 23.7 Å². The number of amides is 1. The number of piperidine rings is 1. The van der Waals surface area contributed by atoms with Crippen molar-refractivity contribution in [3.63, 3.8) is 0 Å². The number of pyridine rings is 1. The first-order valence-corrected chi connectivity index (χ1v) is 10.3. The van der Waals surface area contributed by atoms with E-state index in [1.54, 1.807) is 0 Å². The summed E-state index contributed by atoms with van der Waals surface area (Å²) in [5.41, 5.74) is 4.75. The van der Waals surface area contributed by atoms with Crippen LogP contribution in [0.25, 0.3) is 11.2 Å². The fourth-order valence-corrected chi connectivity index (χ4v) is 3.61. The quantitative estimate of drug-likeness (QED) is 0.846. The fourth-order valence-electron chi connectivity index (χ4n) is 3.61. The minimum absolute atomic E-state index is 0.113. The van der Waals surface area contributed by atoms with Gasteiger partial charge in [-0.1, -0.05) is 20.8 Å². The molecule has 0 aromatic carbocycles. The first-order valence-electron chi connectivity index (χ1n) is 10.3. The van der Waals surface area contributed by atoms with Gasteiger partial charge >= 0.3 is 0 Å². The van der Waals surface area contributed by atoms with E-state index in [2.05, 4.69) is 53.9 Å². The number of hydrogen-bond donors (Lipinski definition) is 1. The summed E-state index contributed by atoms with van der Waals surface area (Å²) in [6, 6.07) is 2.34. The number of aryl methyl sites for hydroxylation is 2. The Labute approximate surface area is 161 Å². The Morgan fingerprint density at radius 3 is 2.48 bits per heavy atom. The fraction of sp³-hybridized carbons (Fsp3) is 0.619. The summed E-state index contributed by atoms with van der Waals surface area (Å²) in [4.78, 5) is 28.7. The first-order chi connectivity index (χ1) is 13.0. The third kappa shape index (κ3) is 4.37. The second-order valence-corrected chi connectivity index (χ2v) is 7.44. The van der Waals surface area contributed by atoms with E-state index < -0.39 is 0 Å². The standard InChI is InChI=1S/C21H31N5O/c1-5-14(4)23-21(27)15-8-10-26(11-9-15)16-12-19-20(22-13-16)25-18(7-3)17(6-2)24-19/h12-15H,5-11H2,1-4H3,(H,23,27). The molecule has 1 atom stereocenters. The predicted octanol–water partition coefficient (Wildman–Crippen LogP) is 3.28. The maximum absolute atomic E-state index is 12.4. The molecule has 0 bridgehead atoms. The van der Waals surface area contributed by atoms with Crippen LogP contribution in [0.1, 0.15) is 58.3 Å². The van der Waals surface area contributed by atoms with Crippen LogP contribution in [0.5, 0.6) is 0 Å². The van der Waals surface area contributed by atoms with Crippen LogP contribution in [0.3, 0.4) is 0 Å². The average Bonchev–Trinajstić information content (AvgIpc) is 2.72. The highest BCUT2D eigenvalue weighted by Gasteiger charge is 2.26. The summed E-state index contributed by atoms with van der Waals surface area (Å²) < 4.78 is 0. The molecule has 0 saturated carbocycles. The second kappa shape index (κ2) is 8.63. The zero-order valence-corrected chi connectivity index (χ0v) is 17.0. The molecule has 6 heteroatoms. The Hall–Kier alpha value is -2.24. The molecule has 3 heterocycles.